The van der Waals surface area contributed by atoms with Gasteiger partial charge in [-0.25, -0.2) is 13.1 Å². The molecule has 0 atom stereocenters. The van der Waals surface area contributed by atoms with E-state index in [-0.39, 0.29) is 19.0 Å². The molecule has 1 amide bonds. The fourth-order valence-electron chi connectivity index (χ4n) is 3.45. The second-order valence-electron chi connectivity index (χ2n) is 7.46. The molecule has 1 aromatic heterocycles. The summed E-state index contributed by atoms with van der Waals surface area (Å²) in [7, 11) is -3.52. The third kappa shape index (κ3) is 4.92. The van der Waals surface area contributed by atoms with Gasteiger partial charge in [-0.3, -0.25) is 4.79 Å². The first-order valence-electron chi connectivity index (χ1n) is 10.1. The first-order valence-corrected chi connectivity index (χ1v) is 11.6. The highest BCUT2D eigenvalue weighted by Crippen LogP contribution is 2.16. The van der Waals surface area contributed by atoms with E-state index in [2.05, 4.69) is 5.10 Å². The van der Waals surface area contributed by atoms with Crippen LogP contribution in [0.4, 0.5) is 0 Å². The lowest BCUT2D eigenvalue weighted by Gasteiger charge is -2.33. The zero-order valence-electron chi connectivity index (χ0n) is 17.3. The minimum absolute atomic E-state index is 0.0972. The van der Waals surface area contributed by atoms with Crippen molar-refractivity contribution in [3.63, 3.8) is 0 Å². The number of carbonyl (C=O) groups is 1. The Morgan fingerprint density at radius 3 is 2.26 bits per heavy atom. The van der Waals surface area contributed by atoms with Crippen molar-refractivity contribution >= 4 is 22.0 Å². The summed E-state index contributed by atoms with van der Waals surface area (Å²) in [5, 5.41) is 5.50. The molecule has 1 saturated heterocycles. The quantitative estimate of drug-likeness (QED) is 0.616. The molecule has 3 aromatic rings. The number of hydrogen-bond acceptors (Lipinski definition) is 4. The maximum absolute atomic E-state index is 12.8. The van der Waals surface area contributed by atoms with E-state index in [1.807, 2.05) is 55.6 Å². The Morgan fingerprint density at radius 1 is 0.968 bits per heavy atom. The molecule has 0 N–H and O–H groups in total. The Morgan fingerprint density at radius 2 is 1.65 bits per heavy atom. The van der Waals surface area contributed by atoms with Gasteiger partial charge in [0.25, 0.3) is 5.91 Å². The number of amides is 1. The molecular weight excluding hydrogens is 412 g/mol. The van der Waals surface area contributed by atoms with Crippen LogP contribution in [0.1, 0.15) is 21.5 Å². The highest BCUT2D eigenvalue weighted by Gasteiger charge is 2.27. The third-order valence-corrected chi connectivity index (χ3v) is 6.77. The molecule has 0 radical (unpaired) electrons. The van der Waals surface area contributed by atoms with Gasteiger partial charge in [-0.05, 0) is 48.4 Å². The van der Waals surface area contributed by atoms with Crippen LogP contribution < -0.4 is 0 Å². The molecule has 2 heterocycles. The number of sulfonamides is 1. The molecule has 0 unspecified atom stereocenters. The van der Waals surface area contributed by atoms with Crippen LogP contribution in [0.5, 0.6) is 0 Å². The van der Waals surface area contributed by atoms with Crippen molar-refractivity contribution in [2.45, 2.75) is 6.92 Å². The van der Waals surface area contributed by atoms with E-state index < -0.39 is 10.0 Å². The van der Waals surface area contributed by atoms with Crippen molar-refractivity contribution in [3.8, 4) is 5.69 Å². The normalized spacial score (nSPS) is 15.5. The summed E-state index contributed by atoms with van der Waals surface area (Å²) in [6, 6.07) is 16.6. The molecule has 160 valence electrons. The number of nitrogens with zero attached hydrogens (tertiary/aromatic N) is 4. The van der Waals surface area contributed by atoms with Gasteiger partial charge in [0.05, 0.1) is 11.9 Å². The number of aromatic nitrogens is 2. The lowest BCUT2D eigenvalue weighted by atomic mass is 10.1. The summed E-state index contributed by atoms with van der Waals surface area (Å²) in [6.07, 6.45) is 5.29. The summed E-state index contributed by atoms with van der Waals surface area (Å²) >= 11 is 0. The summed E-state index contributed by atoms with van der Waals surface area (Å²) in [6.45, 7) is 3.24. The number of hydrogen-bond donors (Lipinski definition) is 0. The molecule has 7 nitrogen and oxygen atoms in total. The van der Waals surface area contributed by atoms with Crippen LogP contribution in [-0.2, 0) is 10.0 Å². The number of aryl methyl sites for hydroxylation is 1. The Kier molecular flexibility index (Phi) is 6.01. The van der Waals surface area contributed by atoms with E-state index in [0.717, 1.165) is 16.8 Å². The molecule has 2 aromatic carbocycles. The monoisotopic (exact) mass is 436 g/mol. The van der Waals surface area contributed by atoms with E-state index in [1.165, 1.54) is 9.71 Å². The van der Waals surface area contributed by atoms with Crippen molar-refractivity contribution in [1.82, 2.24) is 19.0 Å². The standard InChI is InChI=1S/C23H24N4O3S/c1-19-17-24-27(18-19)22-9-7-21(8-10-22)23(28)25-12-14-26(15-13-25)31(29,30)16-11-20-5-3-2-4-6-20/h2-11,16-18H,12-15H2,1H3/b16-11+. The van der Waals surface area contributed by atoms with Crippen LogP contribution in [0.3, 0.4) is 0 Å². The average Bonchev–Trinajstić information content (AvgIpc) is 3.24. The average molecular weight is 437 g/mol. The number of rotatable bonds is 5. The van der Waals surface area contributed by atoms with Gasteiger partial charge in [-0.15, -0.1) is 0 Å². The second-order valence-corrected chi connectivity index (χ2v) is 9.28. The number of piperazine rings is 1. The van der Waals surface area contributed by atoms with Gasteiger partial charge in [0.15, 0.2) is 0 Å². The largest absolute Gasteiger partial charge is 0.336 e. The molecule has 1 fully saturated rings. The van der Waals surface area contributed by atoms with Crippen LogP contribution in [0.25, 0.3) is 11.8 Å². The van der Waals surface area contributed by atoms with Crippen molar-refractivity contribution in [1.29, 1.82) is 0 Å². The van der Waals surface area contributed by atoms with Crippen LogP contribution in [0.15, 0.2) is 72.4 Å². The Bertz CT molecular complexity index is 1180. The fourth-order valence-corrected chi connectivity index (χ4v) is 4.63. The third-order valence-electron chi connectivity index (χ3n) is 5.21. The zero-order valence-corrected chi connectivity index (χ0v) is 18.1. The van der Waals surface area contributed by atoms with Crippen molar-refractivity contribution in [2.75, 3.05) is 26.2 Å². The molecular formula is C23H24N4O3S. The summed E-state index contributed by atoms with van der Waals surface area (Å²) < 4.78 is 28.4. The van der Waals surface area contributed by atoms with Crippen molar-refractivity contribution in [3.05, 3.63) is 89.1 Å². The van der Waals surface area contributed by atoms with E-state index >= 15 is 0 Å². The minimum atomic E-state index is -3.52. The Labute approximate surface area is 182 Å². The predicted octanol–water partition coefficient (Wildman–Crippen LogP) is 2.94. The van der Waals surface area contributed by atoms with Gasteiger partial charge >= 0.3 is 0 Å². The van der Waals surface area contributed by atoms with E-state index in [4.69, 9.17) is 0 Å². The number of carbonyl (C=O) groups excluding carboxylic acids is 1. The van der Waals surface area contributed by atoms with E-state index in [9.17, 15) is 13.2 Å². The maximum Gasteiger partial charge on any atom is 0.253 e. The second kappa shape index (κ2) is 8.87. The molecule has 0 spiro atoms. The molecule has 1 aliphatic heterocycles. The smallest absolute Gasteiger partial charge is 0.253 e. The van der Waals surface area contributed by atoms with Crippen LogP contribution >= 0.6 is 0 Å². The minimum Gasteiger partial charge on any atom is -0.336 e. The lowest BCUT2D eigenvalue weighted by Crippen LogP contribution is -2.50. The summed E-state index contributed by atoms with van der Waals surface area (Å²) in [4.78, 5) is 14.5. The van der Waals surface area contributed by atoms with Gasteiger partial charge in [-0.2, -0.15) is 9.40 Å². The van der Waals surface area contributed by atoms with Crippen LogP contribution in [0.2, 0.25) is 0 Å². The van der Waals surface area contributed by atoms with E-state index in [0.29, 0.717) is 18.7 Å². The first-order chi connectivity index (χ1) is 14.9. The number of benzene rings is 2. The first kappa shape index (κ1) is 21.0. The summed E-state index contributed by atoms with van der Waals surface area (Å²) in [5.41, 5.74) is 3.35. The van der Waals surface area contributed by atoms with Gasteiger partial charge in [0, 0.05) is 43.3 Å². The summed E-state index contributed by atoms with van der Waals surface area (Å²) in [5.74, 6) is -0.0972. The van der Waals surface area contributed by atoms with Gasteiger partial charge < -0.3 is 4.90 Å². The fraction of sp³-hybridized carbons (Fsp3) is 0.217. The Balaban J connectivity index is 1.37. The maximum atomic E-state index is 12.8. The zero-order chi connectivity index (χ0) is 21.8. The topological polar surface area (TPSA) is 75.5 Å². The highest BCUT2D eigenvalue weighted by atomic mass is 32.2. The molecule has 4 rings (SSSR count). The molecule has 0 bridgehead atoms. The van der Waals surface area contributed by atoms with Crippen molar-refractivity contribution < 1.29 is 13.2 Å². The molecule has 31 heavy (non-hydrogen) atoms. The van der Waals surface area contributed by atoms with Gasteiger partial charge in [0.1, 0.15) is 0 Å². The molecule has 1 aliphatic rings. The van der Waals surface area contributed by atoms with E-state index in [1.54, 1.807) is 34.0 Å². The van der Waals surface area contributed by atoms with Crippen LogP contribution in [0, 0.1) is 6.92 Å². The molecule has 0 saturated carbocycles. The SMILES string of the molecule is Cc1cnn(-c2ccc(C(=O)N3CCN(S(=O)(=O)/C=C/c4ccccc4)CC3)cc2)c1. The van der Waals surface area contributed by atoms with Crippen molar-refractivity contribution in [2.24, 2.45) is 0 Å². The molecule has 0 aliphatic carbocycles. The van der Waals surface area contributed by atoms with Crippen LogP contribution in [-0.4, -0.2) is 59.5 Å². The molecule has 8 heteroatoms. The Hall–Kier alpha value is -3.23. The van der Waals surface area contributed by atoms with Gasteiger partial charge in [0.2, 0.25) is 10.0 Å². The predicted molar refractivity (Wildman–Crippen MR) is 120 cm³/mol. The van der Waals surface area contributed by atoms with Gasteiger partial charge in [-0.1, -0.05) is 30.3 Å². The lowest BCUT2D eigenvalue weighted by molar-refractivity contribution is 0.0698. The highest BCUT2D eigenvalue weighted by molar-refractivity contribution is 7.92.